The first kappa shape index (κ1) is 12.4. The highest BCUT2D eigenvalue weighted by molar-refractivity contribution is 5.41. The molecular formula is C14H20FNO. The van der Waals surface area contributed by atoms with Crippen LogP contribution in [-0.4, -0.2) is 13.2 Å². The molecule has 3 heteroatoms. The Morgan fingerprint density at radius 1 is 1.53 bits per heavy atom. The van der Waals surface area contributed by atoms with Crippen molar-refractivity contribution in [2.45, 2.75) is 38.6 Å². The van der Waals surface area contributed by atoms with Crippen molar-refractivity contribution >= 4 is 0 Å². The molecule has 0 aromatic heterocycles. The number of benzene rings is 1. The van der Waals surface area contributed by atoms with Gasteiger partial charge in [0.05, 0.1) is 7.11 Å². The van der Waals surface area contributed by atoms with Gasteiger partial charge in [-0.1, -0.05) is 19.9 Å². The molecule has 94 valence electrons. The van der Waals surface area contributed by atoms with E-state index < -0.39 is 0 Å². The number of hydrogen-bond acceptors (Lipinski definition) is 2. The van der Waals surface area contributed by atoms with Crippen LogP contribution in [0.4, 0.5) is 4.39 Å². The molecule has 1 aliphatic carbocycles. The van der Waals surface area contributed by atoms with E-state index in [1.807, 2.05) is 6.07 Å². The van der Waals surface area contributed by atoms with E-state index in [4.69, 9.17) is 10.5 Å². The molecule has 2 N–H and O–H groups in total. The number of halogens is 1. The minimum absolute atomic E-state index is 0.0184. The van der Waals surface area contributed by atoms with E-state index in [1.165, 1.54) is 6.07 Å². The van der Waals surface area contributed by atoms with Crippen LogP contribution in [0.3, 0.4) is 0 Å². The van der Waals surface area contributed by atoms with Gasteiger partial charge in [0.2, 0.25) is 0 Å². The monoisotopic (exact) mass is 237 g/mol. The summed E-state index contributed by atoms with van der Waals surface area (Å²) in [6, 6.07) is 5.15. The molecule has 0 radical (unpaired) electrons. The Morgan fingerprint density at radius 3 is 2.76 bits per heavy atom. The molecule has 0 aliphatic heterocycles. The minimum atomic E-state index is -0.180. The van der Waals surface area contributed by atoms with Gasteiger partial charge >= 0.3 is 0 Å². The van der Waals surface area contributed by atoms with Gasteiger partial charge in [-0.3, -0.25) is 0 Å². The number of rotatable bonds is 3. The highest BCUT2D eigenvalue weighted by Crippen LogP contribution is 2.56. The second-order valence-electron chi connectivity index (χ2n) is 5.11. The zero-order valence-corrected chi connectivity index (χ0v) is 10.7. The Bertz CT molecular complexity index is 421. The predicted molar refractivity (Wildman–Crippen MR) is 66.7 cm³/mol. The molecule has 1 saturated carbocycles. The standard InChI is InChI=1S/C14H20FNO/c1-4-14(2)9(8-12(14)16)13-10(15)6-5-7-11(13)17-3/h5-7,9,12H,4,8,16H2,1-3H3. The Balaban J connectivity index is 2.42. The van der Waals surface area contributed by atoms with E-state index in [2.05, 4.69) is 13.8 Å². The number of hydrogen-bond donors (Lipinski definition) is 1. The van der Waals surface area contributed by atoms with Gasteiger partial charge in [0.25, 0.3) is 0 Å². The van der Waals surface area contributed by atoms with Crippen LogP contribution in [0, 0.1) is 11.2 Å². The zero-order valence-electron chi connectivity index (χ0n) is 10.7. The molecule has 0 amide bonds. The van der Waals surface area contributed by atoms with Gasteiger partial charge in [0.15, 0.2) is 0 Å². The van der Waals surface area contributed by atoms with Crippen LogP contribution in [0.2, 0.25) is 0 Å². The van der Waals surface area contributed by atoms with E-state index in [0.717, 1.165) is 12.8 Å². The highest BCUT2D eigenvalue weighted by Gasteiger charge is 2.50. The van der Waals surface area contributed by atoms with Crippen LogP contribution >= 0.6 is 0 Å². The van der Waals surface area contributed by atoms with Gasteiger partial charge in [0.1, 0.15) is 11.6 Å². The molecule has 1 aromatic carbocycles. The summed E-state index contributed by atoms with van der Waals surface area (Å²) >= 11 is 0. The Kier molecular flexibility index (Phi) is 3.13. The van der Waals surface area contributed by atoms with E-state index in [-0.39, 0.29) is 23.2 Å². The molecule has 0 spiro atoms. The molecule has 0 heterocycles. The summed E-state index contributed by atoms with van der Waals surface area (Å²) in [4.78, 5) is 0. The van der Waals surface area contributed by atoms with Crippen molar-refractivity contribution in [1.29, 1.82) is 0 Å². The summed E-state index contributed by atoms with van der Waals surface area (Å²) < 4.78 is 19.3. The van der Waals surface area contributed by atoms with E-state index in [1.54, 1.807) is 13.2 Å². The average Bonchev–Trinajstić information content (AvgIpc) is 2.35. The van der Waals surface area contributed by atoms with Gasteiger partial charge in [-0.15, -0.1) is 0 Å². The van der Waals surface area contributed by atoms with Crippen molar-refractivity contribution in [3.63, 3.8) is 0 Å². The van der Waals surface area contributed by atoms with Crippen molar-refractivity contribution in [2.75, 3.05) is 7.11 Å². The molecule has 1 aromatic rings. The van der Waals surface area contributed by atoms with Crippen molar-refractivity contribution in [2.24, 2.45) is 11.1 Å². The fourth-order valence-electron chi connectivity index (χ4n) is 2.88. The molecule has 0 bridgehead atoms. The van der Waals surface area contributed by atoms with Crippen LogP contribution in [0.5, 0.6) is 5.75 Å². The third-order valence-electron chi connectivity index (χ3n) is 4.48. The lowest BCUT2D eigenvalue weighted by molar-refractivity contribution is 0.0664. The highest BCUT2D eigenvalue weighted by atomic mass is 19.1. The van der Waals surface area contributed by atoms with E-state index in [0.29, 0.717) is 11.3 Å². The maximum atomic E-state index is 14.0. The molecule has 17 heavy (non-hydrogen) atoms. The molecule has 3 unspecified atom stereocenters. The molecule has 1 aliphatic rings. The summed E-state index contributed by atoms with van der Waals surface area (Å²) in [6.45, 7) is 4.25. The third kappa shape index (κ3) is 1.73. The van der Waals surface area contributed by atoms with Crippen LogP contribution in [-0.2, 0) is 0 Å². The largest absolute Gasteiger partial charge is 0.496 e. The first-order chi connectivity index (χ1) is 8.04. The summed E-state index contributed by atoms with van der Waals surface area (Å²) in [5.74, 6) is 0.626. The van der Waals surface area contributed by atoms with Crippen LogP contribution in [0.25, 0.3) is 0 Å². The van der Waals surface area contributed by atoms with Gasteiger partial charge in [-0.2, -0.15) is 0 Å². The second-order valence-corrected chi connectivity index (χ2v) is 5.11. The first-order valence-corrected chi connectivity index (χ1v) is 6.12. The van der Waals surface area contributed by atoms with E-state index >= 15 is 0 Å². The van der Waals surface area contributed by atoms with Gasteiger partial charge in [-0.25, -0.2) is 4.39 Å². The summed E-state index contributed by atoms with van der Waals surface area (Å²) in [5.41, 5.74) is 6.75. The van der Waals surface area contributed by atoms with Gasteiger partial charge < -0.3 is 10.5 Å². The average molecular weight is 237 g/mol. The van der Waals surface area contributed by atoms with Gasteiger partial charge in [-0.05, 0) is 36.3 Å². The smallest absolute Gasteiger partial charge is 0.130 e. The fraction of sp³-hybridized carbons (Fsp3) is 0.571. The maximum absolute atomic E-state index is 14.0. The van der Waals surface area contributed by atoms with Crippen LogP contribution < -0.4 is 10.5 Å². The summed E-state index contributed by atoms with van der Waals surface area (Å²) in [6.07, 6.45) is 1.79. The Hall–Kier alpha value is -1.09. The third-order valence-corrected chi connectivity index (χ3v) is 4.48. The predicted octanol–water partition coefficient (Wildman–Crippen LogP) is 3.07. The lowest BCUT2D eigenvalue weighted by Crippen LogP contribution is -2.54. The maximum Gasteiger partial charge on any atom is 0.130 e. The molecule has 3 atom stereocenters. The normalized spacial score (nSPS) is 32.1. The Morgan fingerprint density at radius 2 is 2.24 bits per heavy atom. The second kappa shape index (κ2) is 4.30. The van der Waals surface area contributed by atoms with Crippen molar-refractivity contribution in [1.82, 2.24) is 0 Å². The summed E-state index contributed by atoms with van der Waals surface area (Å²) in [5, 5.41) is 0. The quantitative estimate of drug-likeness (QED) is 0.876. The van der Waals surface area contributed by atoms with Crippen molar-refractivity contribution in [3.05, 3.63) is 29.6 Å². The molecule has 2 nitrogen and oxygen atoms in total. The van der Waals surface area contributed by atoms with Crippen molar-refractivity contribution < 1.29 is 9.13 Å². The molecule has 0 saturated heterocycles. The molecule has 2 rings (SSSR count). The Labute approximate surface area is 102 Å². The minimum Gasteiger partial charge on any atom is -0.496 e. The van der Waals surface area contributed by atoms with E-state index in [9.17, 15) is 4.39 Å². The number of nitrogens with two attached hydrogens (primary N) is 1. The lowest BCUT2D eigenvalue weighted by atomic mass is 9.54. The lowest BCUT2D eigenvalue weighted by Gasteiger charge is -2.53. The number of methoxy groups -OCH3 is 1. The fourth-order valence-corrected chi connectivity index (χ4v) is 2.88. The molecular weight excluding hydrogens is 217 g/mol. The topological polar surface area (TPSA) is 35.2 Å². The van der Waals surface area contributed by atoms with Crippen LogP contribution in [0.1, 0.15) is 38.2 Å². The van der Waals surface area contributed by atoms with Crippen molar-refractivity contribution in [3.8, 4) is 5.75 Å². The zero-order chi connectivity index (χ0) is 12.6. The van der Waals surface area contributed by atoms with Gasteiger partial charge in [0, 0.05) is 11.6 Å². The molecule has 1 fully saturated rings. The summed E-state index contributed by atoms with van der Waals surface area (Å²) in [7, 11) is 1.58. The SMILES string of the molecule is CCC1(C)C(N)CC1c1c(F)cccc1OC. The number of ether oxygens (including phenoxy) is 1. The van der Waals surface area contributed by atoms with Crippen LogP contribution in [0.15, 0.2) is 18.2 Å². The first-order valence-electron chi connectivity index (χ1n) is 6.12.